The number of rotatable bonds is 12. The summed E-state index contributed by atoms with van der Waals surface area (Å²) >= 11 is 0. The number of sulfonamides is 2. The third-order valence-electron chi connectivity index (χ3n) is 8.47. The summed E-state index contributed by atoms with van der Waals surface area (Å²) in [5, 5.41) is 0. The van der Waals surface area contributed by atoms with Crippen LogP contribution in [0.5, 0.6) is 11.5 Å². The van der Waals surface area contributed by atoms with Gasteiger partial charge in [-0.3, -0.25) is 18.2 Å². The first-order valence-electron chi connectivity index (χ1n) is 15.9. The van der Waals surface area contributed by atoms with E-state index in [2.05, 4.69) is 0 Å². The molecular formula is C36H40N4O8S2. The van der Waals surface area contributed by atoms with E-state index in [1.54, 1.807) is 107 Å². The Morgan fingerprint density at radius 1 is 0.540 bits per heavy atom. The summed E-state index contributed by atoms with van der Waals surface area (Å²) in [6, 6.07) is 26.2. The summed E-state index contributed by atoms with van der Waals surface area (Å²) in [7, 11) is -4.51. The Morgan fingerprint density at radius 2 is 0.840 bits per heavy atom. The van der Waals surface area contributed by atoms with Crippen LogP contribution in [0.25, 0.3) is 0 Å². The number of amides is 2. The van der Waals surface area contributed by atoms with E-state index in [0.717, 1.165) is 11.1 Å². The van der Waals surface area contributed by atoms with Crippen LogP contribution in [0.4, 0.5) is 11.4 Å². The molecule has 1 saturated heterocycles. The Morgan fingerprint density at radius 3 is 1.14 bits per heavy atom. The highest BCUT2D eigenvalue weighted by Gasteiger charge is 2.26. The molecule has 0 aliphatic carbocycles. The number of anilines is 2. The number of nitrogens with zero attached hydrogens (tertiary/aromatic N) is 4. The number of carbonyl (C=O) groups is 2. The van der Waals surface area contributed by atoms with Gasteiger partial charge < -0.3 is 19.3 Å². The molecule has 0 atom stereocenters. The van der Waals surface area contributed by atoms with E-state index in [9.17, 15) is 26.4 Å². The predicted molar refractivity (Wildman–Crippen MR) is 191 cm³/mol. The number of hydrogen-bond acceptors (Lipinski definition) is 8. The number of hydrogen-bond donors (Lipinski definition) is 0. The van der Waals surface area contributed by atoms with E-state index < -0.39 is 20.0 Å². The van der Waals surface area contributed by atoms with Crippen molar-refractivity contribution in [3.05, 3.63) is 108 Å². The molecule has 0 bridgehead atoms. The molecule has 4 aromatic rings. The zero-order valence-electron chi connectivity index (χ0n) is 28.4. The van der Waals surface area contributed by atoms with Crippen molar-refractivity contribution in [3.8, 4) is 11.5 Å². The summed E-state index contributed by atoms with van der Waals surface area (Å²) < 4.78 is 65.7. The van der Waals surface area contributed by atoms with Gasteiger partial charge in [-0.2, -0.15) is 0 Å². The van der Waals surface area contributed by atoms with Crippen molar-refractivity contribution < 1.29 is 35.9 Å². The molecule has 4 aromatic carbocycles. The molecule has 0 N–H and O–H groups in total. The average Bonchev–Trinajstić information content (AvgIpc) is 3.13. The largest absolute Gasteiger partial charge is 0.484 e. The number of carbonyl (C=O) groups excluding carboxylic acids is 2. The fraction of sp³-hybridized carbons (Fsp3) is 0.278. The quantitative estimate of drug-likeness (QED) is 0.214. The van der Waals surface area contributed by atoms with Gasteiger partial charge in [0.2, 0.25) is 0 Å². The van der Waals surface area contributed by atoms with E-state index in [-0.39, 0.29) is 34.8 Å². The molecule has 0 saturated carbocycles. The Kier molecular flexibility index (Phi) is 11.0. The van der Waals surface area contributed by atoms with Gasteiger partial charge in [-0.15, -0.1) is 0 Å². The second kappa shape index (κ2) is 15.2. The zero-order valence-corrected chi connectivity index (χ0v) is 30.0. The lowest BCUT2D eigenvalue weighted by molar-refractivity contribution is -0.141. The van der Waals surface area contributed by atoms with Crippen LogP contribution in [0.3, 0.4) is 0 Å². The molecule has 0 spiro atoms. The minimum atomic E-state index is -3.73. The Hall–Kier alpha value is -5.08. The monoisotopic (exact) mass is 720 g/mol. The lowest BCUT2D eigenvalue weighted by Gasteiger charge is -2.34. The van der Waals surface area contributed by atoms with Crippen molar-refractivity contribution >= 4 is 43.2 Å². The van der Waals surface area contributed by atoms with E-state index >= 15 is 0 Å². The lowest BCUT2D eigenvalue weighted by atomic mass is 10.2. The molecule has 5 rings (SSSR count). The Balaban J connectivity index is 1.05. The summed E-state index contributed by atoms with van der Waals surface area (Å²) in [4.78, 5) is 29.3. The van der Waals surface area contributed by atoms with E-state index in [1.165, 1.54) is 22.7 Å². The van der Waals surface area contributed by atoms with Crippen molar-refractivity contribution in [2.45, 2.75) is 23.6 Å². The SMILES string of the molecule is Cc1ccc(S(=O)(=O)N(C)c2ccc(OCC(=O)N3CCN(C(=O)COc4ccc(N(C)S(=O)(=O)c5ccc(C)cc5)cc4)CC3)cc2)cc1. The van der Waals surface area contributed by atoms with Crippen molar-refractivity contribution in [2.24, 2.45) is 0 Å². The van der Waals surface area contributed by atoms with Crippen molar-refractivity contribution in [3.63, 3.8) is 0 Å². The molecular weight excluding hydrogens is 681 g/mol. The molecule has 2 amide bonds. The van der Waals surface area contributed by atoms with Gasteiger partial charge in [0.1, 0.15) is 11.5 Å². The summed E-state index contributed by atoms with van der Waals surface area (Å²) in [5.74, 6) is 0.375. The van der Waals surface area contributed by atoms with Gasteiger partial charge in [-0.05, 0) is 86.6 Å². The van der Waals surface area contributed by atoms with Crippen LogP contribution in [0.2, 0.25) is 0 Å². The second-order valence-electron chi connectivity index (χ2n) is 11.9. The number of piperazine rings is 1. The first-order chi connectivity index (χ1) is 23.8. The van der Waals surface area contributed by atoms with Gasteiger partial charge in [0.05, 0.1) is 21.2 Å². The number of ether oxygens (including phenoxy) is 2. The molecule has 0 aromatic heterocycles. The normalized spacial score (nSPS) is 13.4. The van der Waals surface area contributed by atoms with Gasteiger partial charge in [-0.1, -0.05) is 35.4 Å². The molecule has 1 aliphatic heterocycles. The highest BCUT2D eigenvalue weighted by molar-refractivity contribution is 7.93. The fourth-order valence-corrected chi connectivity index (χ4v) is 7.59. The average molecular weight is 721 g/mol. The number of benzene rings is 4. The first-order valence-corrected chi connectivity index (χ1v) is 18.8. The molecule has 1 aliphatic rings. The third-order valence-corrected chi connectivity index (χ3v) is 12.1. The molecule has 50 heavy (non-hydrogen) atoms. The zero-order chi connectivity index (χ0) is 36.1. The van der Waals surface area contributed by atoms with Crippen molar-refractivity contribution in [2.75, 3.05) is 62.1 Å². The summed E-state index contributed by atoms with van der Waals surface area (Å²) in [5.41, 5.74) is 2.82. The maximum atomic E-state index is 13.0. The Labute approximate surface area is 293 Å². The molecule has 0 radical (unpaired) electrons. The minimum absolute atomic E-state index is 0.190. The first kappa shape index (κ1) is 36.2. The molecule has 12 nitrogen and oxygen atoms in total. The second-order valence-corrected chi connectivity index (χ2v) is 15.8. The van der Waals surface area contributed by atoms with Crippen LogP contribution in [-0.4, -0.2) is 91.9 Å². The molecule has 1 heterocycles. The summed E-state index contributed by atoms with van der Waals surface area (Å²) in [6.45, 7) is 4.72. The van der Waals surface area contributed by atoms with Gasteiger partial charge in [0.15, 0.2) is 13.2 Å². The highest BCUT2D eigenvalue weighted by atomic mass is 32.2. The van der Waals surface area contributed by atoms with Gasteiger partial charge in [0.25, 0.3) is 31.9 Å². The van der Waals surface area contributed by atoms with E-state index in [0.29, 0.717) is 49.1 Å². The standard InChI is InChI=1S/C36H40N4O8S2/c1-27-5-17-33(18-6-27)49(43,44)37(3)29-9-13-31(14-10-29)47-25-35(41)39-21-23-40(24-22-39)36(42)26-48-32-15-11-30(12-16-32)38(4)50(45,46)34-19-7-28(2)8-20-34/h5-20H,21-26H2,1-4H3. The molecule has 264 valence electrons. The minimum Gasteiger partial charge on any atom is -0.484 e. The van der Waals surface area contributed by atoms with Crippen LogP contribution >= 0.6 is 0 Å². The van der Waals surface area contributed by atoms with E-state index in [4.69, 9.17) is 9.47 Å². The van der Waals surface area contributed by atoms with Crippen molar-refractivity contribution in [1.29, 1.82) is 0 Å². The topological polar surface area (TPSA) is 134 Å². The van der Waals surface area contributed by atoms with E-state index in [1.807, 2.05) is 13.8 Å². The molecule has 14 heteroatoms. The van der Waals surface area contributed by atoms with Crippen LogP contribution in [0.15, 0.2) is 107 Å². The smallest absolute Gasteiger partial charge is 0.264 e. The van der Waals surface area contributed by atoms with Gasteiger partial charge in [0, 0.05) is 40.3 Å². The fourth-order valence-electron chi connectivity index (χ4n) is 5.20. The Bertz CT molecular complexity index is 1860. The van der Waals surface area contributed by atoms with Crippen LogP contribution < -0.4 is 18.1 Å². The maximum Gasteiger partial charge on any atom is 0.264 e. The third kappa shape index (κ3) is 8.37. The van der Waals surface area contributed by atoms with Crippen LogP contribution in [-0.2, 0) is 29.6 Å². The maximum absolute atomic E-state index is 13.0. The van der Waals surface area contributed by atoms with Gasteiger partial charge in [-0.25, -0.2) is 16.8 Å². The predicted octanol–water partition coefficient (Wildman–Crippen LogP) is 4.08. The van der Waals surface area contributed by atoms with Gasteiger partial charge >= 0.3 is 0 Å². The van der Waals surface area contributed by atoms with Crippen molar-refractivity contribution in [1.82, 2.24) is 9.80 Å². The lowest BCUT2D eigenvalue weighted by Crippen LogP contribution is -2.52. The van der Waals surface area contributed by atoms with Crippen LogP contribution in [0, 0.1) is 13.8 Å². The number of aryl methyl sites for hydroxylation is 2. The molecule has 1 fully saturated rings. The summed E-state index contributed by atoms with van der Waals surface area (Å²) in [6.07, 6.45) is 0. The van der Waals surface area contributed by atoms with Crippen LogP contribution in [0.1, 0.15) is 11.1 Å². The molecule has 0 unspecified atom stereocenters. The highest BCUT2D eigenvalue weighted by Crippen LogP contribution is 2.26.